The summed E-state index contributed by atoms with van der Waals surface area (Å²) in [7, 11) is -4.01. The Bertz CT molecular complexity index is 1330. The van der Waals surface area contributed by atoms with Gasteiger partial charge in [-0.05, 0) is 61.4 Å². The summed E-state index contributed by atoms with van der Waals surface area (Å²) in [5.41, 5.74) is 2.69. The minimum atomic E-state index is -4.01. The number of halogens is 2. The zero-order valence-corrected chi connectivity index (χ0v) is 22.2. The molecule has 1 N–H and O–H groups in total. The Kier molecular flexibility index (Phi) is 9.50. The number of sulfonamides is 1. The van der Waals surface area contributed by atoms with Gasteiger partial charge in [0.2, 0.25) is 15.9 Å². The van der Waals surface area contributed by atoms with E-state index in [1.165, 1.54) is 12.1 Å². The molecular weight excluding hydrogens is 523 g/mol. The topological polar surface area (TPSA) is 92.8 Å². The van der Waals surface area contributed by atoms with Gasteiger partial charge < -0.3 is 10.1 Å². The Morgan fingerprint density at radius 2 is 1.56 bits per heavy atom. The number of aryl methyl sites for hydroxylation is 1. The van der Waals surface area contributed by atoms with Crippen LogP contribution in [0, 0.1) is 6.92 Å². The Labute approximate surface area is 221 Å². The molecule has 0 heterocycles. The normalized spacial score (nSPS) is 11.4. The van der Waals surface area contributed by atoms with E-state index < -0.39 is 22.5 Å². The SMILES string of the molecule is CCOC(=O)Cc1ccc(NC(=O)CN(Cc2ccc(Cl)c(Cl)c2)S(=O)(=O)c2ccc(C)cc2)cc1. The lowest BCUT2D eigenvalue weighted by molar-refractivity contribution is -0.142. The van der Waals surface area contributed by atoms with Gasteiger partial charge in [0.15, 0.2) is 0 Å². The van der Waals surface area contributed by atoms with Crippen molar-refractivity contribution in [2.24, 2.45) is 0 Å². The number of benzene rings is 3. The van der Waals surface area contributed by atoms with Gasteiger partial charge >= 0.3 is 5.97 Å². The fourth-order valence-electron chi connectivity index (χ4n) is 3.37. The summed E-state index contributed by atoms with van der Waals surface area (Å²) in [6.07, 6.45) is 0.119. The van der Waals surface area contributed by atoms with E-state index in [4.69, 9.17) is 27.9 Å². The van der Waals surface area contributed by atoms with Gasteiger partial charge in [0, 0.05) is 12.2 Å². The van der Waals surface area contributed by atoms with Crippen LogP contribution in [0.2, 0.25) is 10.0 Å². The number of nitrogens with zero attached hydrogens (tertiary/aromatic N) is 1. The van der Waals surface area contributed by atoms with Gasteiger partial charge in [-0.25, -0.2) is 8.42 Å². The molecule has 0 aliphatic rings. The van der Waals surface area contributed by atoms with Crippen molar-refractivity contribution >= 4 is 50.8 Å². The number of hydrogen-bond acceptors (Lipinski definition) is 5. The summed E-state index contributed by atoms with van der Waals surface area (Å²) in [4.78, 5) is 24.6. The van der Waals surface area contributed by atoms with Crippen LogP contribution in [0.15, 0.2) is 71.6 Å². The van der Waals surface area contributed by atoms with Crippen molar-refractivity contribution in [2.75, 3.05) is 18.5 Å². The molecule has 1 amide bonds. The maximum Gasteiger partial charge on any atom is 0.310 e. The van der Waals surface area contributed by atoms with Gasteiger partial charge in [0.1, 0.15) is 0 Å². The van der Waals surface area contributed by atoms with Crippen molar-refractivity contribution in [3.63, 3.8) is 0 Å². The molecule has 0 radical (unpaired) electrons. The summed E-state index contributed by atoms with van der Waals surface area (Å²) < 4.78 is 32.9. The predicted molar refractivity (Wildman–Crippen MR) is 141 cm³/mol. The van der Waals surface area contributed by atoms with E-state index in [1.54, 1.807) is 61.5 Å². The van der Waals surface area contributed by atoms with E-state index in [2.05, 4.69) is 5.32 Å². The Balaban J connectivity index is 1.79. The standard InChI is InChI=1S/C26H26Cl2N2O5S/c1-3-35-26(32)15-19-6-9-21(10-7-19)29-25(31)17-30(16-20-8-13-23(27)24(28)14-20)36(33,34)22-11-4-18(2)5-12-22/h4-14H,3,15-17H2,1-2H3,(H,29,31). The highest BCUT2D eigenvalue weighted by Crippen LogP contribution is 2.25. The van der Waals surface area contributed by atoms with Crippen molar-refractivity contribution in [1.29, 1.82) is 0 Å². The first-order valence-corrected chi connectivity index (χ1v) is 13.3. The van der Waals surface area contributed by atoms with Crippen LogP contribution in [0.3, 0.4) is 0 Å². The number of rotatable bonds is 10. The minimum absolute atomic E-state index is 0.0734. The summed E-state index contributed by atoms with van der Waals surface area (Å²) in [6, 6.07) is 17.9. The molecule has 7 nitrogen and oxygen atoms in total. The monoisotopic (exact) mass is 548 g/mol. The molecule has 0 atom stereocenters. The van der Waals surface area contributed by atoms with Crippen LogP contribution in [0.1, 0.15) is 23.6 Å². The Morgan fingerprint density at radius 3 is 2.17 bits per heavy atom. The van der Waals surface area contributed by atoms with Gasteiger partial charge in [-0.2, -0.15) is 4.31 Å². The third kappa shape index (κ3) is 7.54. The maximum absolute atomic E-state index is 13.4. The van der Waals surface area contributed by atoms with E-state index in [0.717, 1.165) is 15.4 Å². The highest BCUT2D eigenvalue weighted by molar-refractivity contribution is 7.89. The van der Waals surface area contributed by atoms with Gasteiger partial charge in [-0.1, -0.05) is 59.1 Å². The molecule has 0 saturated carbocycles. The van der Waals surface area contributed by atoms with Crippen LogP contribution in [0.5, 0.6) is 0 Å². The molecule has 0 spiro atoms. The highest BCUT2D eigenvalue weighted by Gasteiger charge is 2.27. The fourth-order valence-corrected chi connectivity index (χ4v) is 5.08. The number of esters is 1. The average Bonchev–Trinajstić information content (AvgIpc) is 2.82. The molecule has 3 aromatic rings. The van der Waals surface area contributed by atoms with Crippen molar-refractivity contribution in [1.82, 2.24) is 4.31 Å². The molecule has 190 valence electrons. The number of carbonyl (C=O) groups is 2. The van der Waals surface area contributed by atoms with Crippen LogP contribution in [-0.4, -0.2) is 37.8 Å². The maximum atomic E-state index is 13.4. The molecule has 0 bridgehead atoms. The van der Waals surface area contributed by atoms with Crippen molar-refractivity contribution in [2.45, 2.75) is 31.7 Å². The van der Waals surface area contributed by atoms with Crippen molar-refractivity contribution < 1.29 is 22.7 Å². The smallest absolute Gasteiger partial charge is 0.310 e. The van der Waals surface area contributed by atoms with Crippen LogP contribution < -0.4 is 5.32 Å². The number of anilines is 1. The van der Waals surface area contributed by atoms with E-state index in [0.29, 0.717) is 22.9 Å². The third-order valence-corrected chi connectivity index (χ3v) is 7.76. The highest BCUT2D eigenvalue weighted by atomic mass is 35.5. The Hall–Kier alpha value is -2.91. The lowest BCUT2D eigenvalue weighted by atomic mass is 10.1. The van der Waals surface area contributed by atoms with Gasteiger partial charge in [0.25, 0.3) is 0 Å². The molecule has 10 heteroatoms. The van der Waals surface area contributed by atoms with E-state index in [9.17, 15) is 18.0 Å². The van der Waals surface area contributed by atoms with Gasteiger partial charge in [-0.3, -0.25) is 9.59 Å². The second-order valence-electron chi connectivity index (χ2n) is 8.06. The zero-order chi connectivity index (χ0) is 26.3. The van der Waals surface area contributed by atoms with Crippen LogP contribution in [-0.2, 0) is 37.3 Å². The van der Waals surface area contributed by atoms with E-state index >= 15 is 0 Å². The summed E-state index contributed by atoms with van der Waals surface area (Å²) >= 11 is 12.1. The van der Waals surface area contributed by atoms with Crippen LogP contribution in [0.4, 0.5) is 5.69 Å². The molecular formula is C26H26Cl2N2O5S. The fraction of sp³-hybridized carbons (Fsp3) is 0.231. The quantitative estimate of drug-likeness (QED) is 0.350. The minimum Gasteiger partial charge on any atom is -0.466 e. The molecule has 0 unspecified atom stereocenters. The van der Waals surface area contributed by atoms with Gasteiger partial charge in [-0.15, -0.1) is 0 Å². The Morgan fingerprint density at radius 1 is 0.917 bits per heavy atom. The van der Waals surface area contributed by atoms with Crippen LogP contribution in [0.25, 0.3) is 0 Å². The number of carbonyl (C=O) groups excluding carboxylic acids is 2. The third-order valence-electron chi connectivity index (χ3n) is 5.21. The van der Waals surface area contributed by atoms with Crippen molar-refractivity contribution in [3.8, 4) is 0 Å². The number of ether oxygens (including phenoxy) is 1. The zero-order valence-electron chi connectivity index (χ0n) is 19.8. The molecule has 0 aromatic heterocycles. The van der Waals surface area contributed by atoms with Crippen LogP contribution >= 0.6 is 23.2 Å². The largest absolute Gasteiger partial charge is 0.466 e. The second-order valence-corrected chi connectivity index (χ2v) is 10.8. The lowest BCUT2D eigenvalue weighted by Gasteiger charge is -2.22. The molecule has 0 fully saturated rings. The predicted octanol–water partition coefficient (Wildman–Crippen LogP) is 5.24. The van der Waals surface area contributed by atoms with E-state index in [-0.39, 0.29) is 28.9 Å². The molecule has 0 aliphatic heterocycles. The molecule has 36 heavy (non-hydrogen) atoms. The van der Waals surface area contributed by atoms with Crippen molar-refractivity contribution in [3.05, 3.63) is 93.5 Å². The second kappa shape index (κ2) is 12.4. The molecule has 0 saturated heterocycles. The summed E-state index contributed by atoms with van der Waals surface area (Å²) in [6.45, 7) is 3.38. The summed E-state index contributed by atoms with van der Waals surface area (Å²) in [5.74, 6) is -0.863. The molecule has 3 aromatic carbocycles. The first-order chi connectivity index (χ1) is 17.1. The number of amides is 1. The van der Waals surface area contributed by atoms with E-state index in [1.807, 2.05) is 6.92 Å². The molecule has 3 rings (SSSR count). The number of nitrogens with one attached hydrogen (secondary N) is 1. The first kappa shape index (κ1) is 27.7. The number of hydrogen-bond donors (Lipinski definition) is 1. The van der Waals surface area contributed by atoms with Gasteiger partial charge in [0.05, 0.1) is 34.5 Å². The molecule has 0 aliphatic carbocycles. The summed E-state index contributed by atoms with van der Waals surface area (Å²) in [5, 5.41) is 3.34. The first-order valence-electron chi connectivity index (χ1n) is 11.1. The average molecular weight is 549 g/mol. The lowest BCUT2D eigenvalue weighted by Crippen LogP contribution is -2.37.